The molecule has 1 aromatic rings. The summed E-state index contributed by atoms with van der Waals surface area (Å²) < 4.78 is 0. The van der Waals surface area contributed by atoms with Crippen molar-refractivity contribution >= 4 is 17.5 Å². The monoisotopic (exact) mass is 329 g/mol. The minimum Gasteiger partial charge on any atom is -0.339 e. The summed E-state index contributed by atoms with van der Waals surface area (Å²) in [5.41, 5.74) is 2.06. The zero-order valence-electron chi connectivity index (χ0n) is 14.6. The Morgan fingerprint density at radius 1 is 1.29 bits per heavy atom. The zero-order valence-corrected chi connectivity index (χ0v) is 14.6. The number of piperidine rings is 1. The minimum absolute atomic E-state index is 0.0504. The first-order valence-corrected chi connectivity index (χ1v) is 8.91. The number of carbonyl (C=O) groups is 2. The first-order chi connectivity index (χ1) is 11.6. The number of rotatable bonds is 5. The highest BCUT2D eigenvalue weighted by molar-refractivity contribution is 5.95. The Morgan fingerprint density at radius 2 is 2.00 bits per heavy atom. The van der Waals surface area contributed by atoms with E-state index in [2.05, 4.69) is 10.6 Å². The predicted molar refractivity (Wildman–Crippen MR) is 94.5 cm³/mol. The van der Waals surface area contributed by atoms with Gasteiger partial charge in [-0.15, -0.1) is 0 Å². The largest absolute Gasteiger partial charge is 0.339 e. The lowest BCUT2D eigenvalue weighted by atomic mass is 9.91. The lowest BCUT2D eigenvalue weighted by Crippen LogP contribution is -2.32. The molecule has 1 heterocycles. The fourth-order valence-electron chi connectivity index (χ4n) is 3.85. The smallest absolute Gasteiger partial charge is 0.228 e. The lowest BCUT2D eigenvalue weighted by molar-refractivity contribution is -0.129. The molecule has 1 aliphatic carbocycles. The van der Waals surface area contributed by atoms with Gasteiger partial charge in [-0.25, -0.2) is 0 Å². The van der Waals surface area contributed by atoms with Crippen LogP contribution in [0.4, 0.5) is 5.69 Å². The molecule has 24 heavy (non-hydrogen) atoms. The maximum atomic E-state index is 12.7. The number of para-hydroxylation sites is 1. The molecule has 5 nitrogen and oxygen atoms in total. The number of amides is 2. The molecule has 0 bridgehead atoms. The van der Waals surface area contributed by atoms with Crippen LogP contribution in [0.1, 0.15) is 38.7 Å². The minimum atomic E-state index is 0.0504. The molecule has 1 aliphatic heterocycles. The van der Waals surface area contributed by atoms with Crippen molar-refractivity contribution in [1.82, 2.24) is 10.2 Å². The van der Waals surface area contributed by atoms with Crippen LogP contribution in [0.15, 0.2) is 24.3 Å². The van der Waals surface area contributed by atoms with Gasteiger partial charge in [0.05, 0.1) is 0 Å². The highest BCUT2D eigenvalue weighted by Crippen LogP contribution is 2.58. The van der Waals surface area contributed by atoms with Gasteiger partial charge in [-0.2, -0.15) is 0 Å². The predicted octanol–water partition coefficient (Wildman–Crippen LogP) is 2.38. The topological polar surface area (TPSA) is 61.4 Å². The average molecular weight is 329 g/mol. The molecule has 2 amide bonds. The number of nitrogens with one attached hydrogen (secondary N) is 2. The summed E-state index contributed by atoms with van der Waals surface area (Å²) in [5, 5.41) is 6.48. The van der Waals surface area contributed by atoms with E-state index in [1.54, 1.807) is 11.8 Å². The molecule has 5 heteroatoms. The maximum absolute atomic E-state index is 12.7. The van der Waals surface area contributed by atoms with Crippen molar-refractivity contribution in [2.75, 3.05) is 25.0 Å². The second-order valence-corrected chi connectivity index (χ2v) is 7.05. The van der Waals surface area contributed by atoms with Gasteiger partial charge in [-0.3, -0.25) is 9.59 Å². The number of hydrogen-bond donors (Lipinski definition) is 2. The van der Waals surface area contributed by atoms with Crippen LogP contribution in [0.5, 0.6) is 0 Å². The van der Waals surface area contributed by atoms with Crippen LogP contribution < -0.4 is 10.6 Å². The van der Waals surface area contributed by atoms with Crippen molar-refractivity contribution in [3.05, 3.63) is 29.8 Å². The van der Waals surface area contributed by atoms with Gasteiger partial charge in [-0.05, 0) is 56.3 Å². The van der Waals surface area contributed by atoms with Crippen LogP contribution >= 0.6 is 0 Å². The van der Waals surface area contributed by atoms with E-state index in [1.165, 1.54) is 0 Å². The number of nitrogens with zero attached hydrogens (tertiary/aromatic N) is 1. The van der Waals surface area contributed by atoms with E-state index in [4.69, 9.17) is 0 Å². The van der Waals surface area contributed by atoms with Gasteiger partial charge in [0.15, 0.2) is 0 Å². The average Bonchev–Trinajstić information content (AvgIpc) is 3.27. The van der Waals surface area contributed by atoms with Crippen molar-refractivity contribution in [2.45, 2.75) is 39.7 Å². The highest BCUT2D eigenvalue weighted by Gasteiger charge is 2.57. The molecule has 1 atom stereocenters. The first kappa shape index (κ1) is 17.0. The summed E-state index contributed by atoms with van der Waals surface area (Å²) in [7, 11) is 0. The Labute approximate surface area is 143 Å². The second-order valence-electron chi connectivity index (χ2n) is 7.05. The van der Waals surface area contributed by atoms with E-state index in [0.717, 1.165) is 43.6 Å². The van der Waals surface area contributed by atoms with Crippen molar-refractivity contribution in [3.8, 4) is 0 Å². The molecule has 2 N–H and O–H groups in total. The SMILES string of the molecule is CCN(Cc1ccccc1NC(=O)C1CC12CCNCC2)C(C)=O. The van der Waals surface area contributed by atoms with E-state index in [9.17, 15) is 9.59 Å². The Hall–Kier alpha value is -1.88. The number of anilines is 1. The number of benzene rings is 1. The molecule has 1 saturated carbocycles. The third-order valence-corrected chi connectivity index (χ3v) is 5.57. The van der Waals surface area contributed by atoms with Gasteiger partial charge in [-0.1, -0.05) is 18.2 Å². The second kappa shape index (κ2) is 6.93. The lowest BCUT2D eigenvalue weighted by Gasteiger charge is -2.24. The molecule has 0 aromatic heterocycles. The molecule has 3 rings (SSSR count). The normalized spacial score (nSPS) is 21.3. The van der Waals surface area contributed by atoms with Gasteiger partial charge in [0.1, 0.15) is 0 Å². The maximum Gasteiger partial charge on any atom is 0.228 e. The third-order valence-electron chi connectivity index (χ3n) is 5.57. The summed E-state index contributed by atoms with van der Waals surface area (Å²) in [6.07, 6.45) is 3.21. The van der Waals surface area contributed by atoms with Crippen molar-refractivity contribution < 1.29 is 9.59 Å². The summed E-state index contributed by atoms with van der Waals surface area (Å²) in [4.78, 5) is 26.1. The summed E-state index contributed by atoms with van der Waals surface area (Å²) in [6.45, 7) is 6.77. The molecule has 130 valence electrons. The fourth-order valence-corrected chi connectivity index (χ4v) is 3.85. The Kier molecular flexibility index (Phi) is 4.90. The van der Waals surface area contributed by atoms with Crippen LogP contribution in [0.25, 0.3) is 0 Å². The third kappa shape index (κ3) is 3.46. The van der Waals surface area contributed by atoms with Gasteiger partial charge in [0.2, 0.25) is 11.8 Å². The molecule has 0 radical (unpaired) electrons. The van der Waals surface area contributed by atoms with Crippen LogP contribution in [0.3, 0.4) is 0 Å². The zero-order chi connectivity index (χ0) is 17.2. The summed E-state index contributed by atoms with van der Waals surface area (Å²) in [6, 6.07) is 7.79. The number of hydrogen-bond acceptors (Lipinski definition) is 3. The molecule has 2 aliphatic rings. The van der Waals surface area contributed by atoms with Gasteiger partial charge < -0.3 is 15.5 Å². The number of carbonyl (C=O) groups excluding carboxylic acids is 2. The van der Waals surface area contributed by atoms with Crippen molar-refractivity contribution in [2.24, 2.45) is 11.3 Å². The summed E-state index contributed by atoms with van der Waals surface area (Å²) in [5.74, 6) is 0.326. The molecular weight excluding hydrogens is 302 g/mol. The molecule has 1 saturated heterocycles. The van der Waals surface area contributed by atoms with Crippen LogP contribution in [0, 0.1) is 11.3 Å². The molecule has 2 fully saturated rings. The Balaban J connectivity index is 1.67. The van der Waals surface area contributed by atoms with Crippen molar-refractivity contribution in [1.29, 1.82) is 0 Å². The van der Waals surface area contributed by atoms with Gasteiger partial charge in [0.25, 0.3) is 0 Å². The molecule has 1 unspecified atom stereocenters. The van der Waals surface area contributed by atoms with Crippen molar-refractivity contribution in [3.63, 3.8) is 0 Å². The summed E-state index contributed by atoms with van der Waals surface area (Å²) >= 11 is 0. The molecular formula is C19H27N3O2. The van der Waals surface area contributed by atoms with E-state index in [0.29, 0.717) is 13.1 Å². The highest BCUT2D eigenvalue weighted by atomic mass is 16.2. The van der Waals surface area contributed by atoms with Crippen LogP contribution in [-0.2, 0) is 16.1 Å². The van der Waals surface area contributed by atoms with E-state index in [-0.39, 0.29) is 23.1 Å². The Bertz CT molecular complexity index is 623. The van der Waals surface area contributed by atoms with Gasteiger partial charge >= 0.3 is 0 Å². The van der Waals surface area contributed by atoms with E-state index in [1.807, 2.05) is 31.2 Å². The standard InChI is InChI=1S/C19H27N3O2/c1-3-22(14(2)23)13-15-6-4-5-7-17(15)21-18(24)16-12-19(16)8-10-20-11-9-19/h4-7,16,20H,3,8-13H2,1-2H3,(H,21,24). The molecule has 1 spiro atoms. The van der Waals surface area contributed by atoms with E-state index < -0.39 is 0 Å². The Morgan fingerprint density at radius 3 is 2.67 bits per heavy atom. The molecule has 1 aromatic carbocycles. The first-order valence-electron chi connectivity index (χ1n) is 8.91. The van der Waals surface area contributed by atoms with Crippen LogP contribution in [0.2, 0.25) is 0 Å². The quantitative estimate of drug-likeness (QED) is 0.872. The fraction of sp³-hybridized carbons (Fsp3) is 0.579. The van der Waals surface area contributed by atoms with Crippen LogP contribution in [-0.4, -0.2) is 36.3 Å². The van der Waals surface area contributed by atoms with E-state index >= 15 is 0 Å². The van der Waals surface area contributed by atoms with Gasteiger partial charge in [0, 0.05) is 31.6 Å².